The van der Waals surface area contributed by atoms with Gasteiger partial charge in [0.1, 0.15) is 17.1 Å². The average molecular weight is 219 g/mol. The molecule has 0 spiro atoms. The molecule has 0 fully saturated rings. The molecule has 2 aromatic rings. The molecule has 0 saturated carbocycles. The first-order valence-electron chi connectivity index (χ1n) is 5.57. The van der Waals surface area contributed by atoms with Crippen LogP contribution in [0.4, 0.5) is 0 Å². The number of rotatable bonds is 5. The van der Waals surface area contributed by atoms with E-state index < -0.39 is 0 Å². The van der Waals surface area contributed by atoms with Crippen molar-refractivity contribution >= 4 is 11.0 Å². The van der Waals surface area contributed by atoms with Crippen LogP contribution in [-0.2, 0) is 6.42 Å². The van der Waals surface area contributed by atoms with Crippen molar-refractivity contribution in [3.8, 4) is 5.75 Å². The van der Waals surface area contributed by atoms with Crippen LogP contribution in [-0.4, -0.2) is 23.6 Å². The molecular weight excluding hydrogens is 202 g/mol. The number of nitrogens with two attached hydrogens (primary N) is 1. The van der Waals surface area contributed by atoms with Crippen molar-refractivity contribution in [2.24, 2.45) is 5.73 Å². The van der Waals surface area contributed by atoms with Gasteiger partial charge in [-0.2, -0.15) is 0 Å². The summed E-state index contributed by atoms with van der Waals surface area (Å²) in [5.41, 5.74) is 7.40. The van der Waals surface area contributed by atoms with Crippen LogP contribution in [0.2, 0.25) is 0 Å². The van der Waals surface area contributed by atoms with Gasteiger partial charge >= 0.3 is 0 Å². The maximum atomic E-state index is 5.46. The fraction of sp³-hybridized carbons (Fsp3) is 0.417. The number of fused-ring (bicyclic) bond motifs is 1. The highest BCUT2D eigenvalue weighted by Gasteiger charge is 2.06. The van der Waals surface area contributed by atoms with Crippen molar-refractivity contribution in [1.29, 1.82) is 0 Å². The number of imidazole rings is 1. The third-order valence-corrected chi connectivity index (χ3v) is 2.61. The molecule has 86 valence electrons. The zero-order valence-electron chi connectivity index (χ0n) is 9.49. The van der Waals surface area contributed by atoms with Gasteiger partial charge in [-0.1, -0.05) is 6.07 Å². The van der Waals surface area contributed by atoms with Crippen molar-refractivity contribution in [2.45, 2.75) is 19.3 Å². The molecule has 4 heteroatoms. The van der Waals surface area contributed by atoms with Gasteiger partial charge in [0.25, 0.3) is 0 Å². The molecule has 1 aromatic carbocycles. The molecule has 1 aromatic heterocycles. The van der Waals surface area contributed by atoms with E-state index >= 15 is 0 Å². The summed E-state index contributed by atoms with van der Waals surface area (Å²) in [5.74, 6) is 1.83. The van der Waals surface area contributed by atoms with Gasteiger partial charge in [-0.3, -0.25) is 0 Å². The van der Waals surface area contributed by atoms with Crippen LogP contribution in [0.15, 0.2) is 18.2 Å². The van der Waals surface area contributed by atoms with E-state index in [1.165, 1.54) is 0 Å². The zero-order valence-corrected chi connectivity index (χ0v) is 9.49. The normalized spacial score (nSPS) is 10.9. The number of H-pyrrole nitrogens is 1. The Balaban J connectivity index is 2.22. The Morgan fingerprint density at radius 3 is 3.00 bits per heavy atom. The standard InChI is InChI=1S/C12H17N3O/c1-16-10-6-4-5-9-12(10)15-11(14-9)7-2-3-8-13/h4-6H,2-3,7-8,13H2,1H3,(H,14,15). The summed E-state index contributed by atoms with van der Waals surface area (Å²) in [6, 6.07) is 5.90. The number of aryl methyl sites for hydroxylation is 1. The minimum Gasteiger partial charge on any atom is -0.494 e. The SMILES string of the molecule is COc1cccc2[nH]c(CCCCN)nc12. The van der Waals surface area contributed by atoms with Crippen molar-refractivity contribution in [3.05, 3.63) is 24.0 Å². The van der Waals surface area contributed by atoms with Crippen molar-refractivity contribution in [3.63, 3.8) is 0 Å². The summed E-state index contributed by atoms with van der Waals surface area (Å²) in [4.78, 5) is 7.83. The molecule has 2 rings (SSSR count). The molecule has 1 heterocycles. The van der Waals surface area contributed by atoms with Gasteiger partial charge < -0.3 is 15.5 Å². The Morgan fingerprint density at radius 1 is 1.38 bits per heavy atom. The van der Waals surface area contributed by atoms with Gasteiger partial charge in [0.05, 0.1) is 12.6 Å². The second-order valence-electron chi connectivity index (χ2n) is 3.79. The number of hydrogen-bond donors (Lipinski definition) is 2. The van der Waals surface area contributed by atoms with Gasteiger partial charge in [0, 0.05) is 6.42 Å². The number of para-hydroxylation sites is 1. The fourth-order valence-corrected chi connectivity index (χ4v) is 1.78. The van der Waals surface area contributed by atoms with Crippen LogP contribution in [0.1, 0.15) is 18.7 Å². The highest BCUT2D eigenvalue weighted by Crippen LogP contribution is 2.23. The molecule has 0 aliphatic carbocycles. The number of benzene rings is 1. The molecule has 0 bridgehead atoms. The largest absolute Gasteiger partial charge is 0.494 e. The topological polar surface area (TPSA) is 63.9 Å². The number of hydrogen-bond acceptors (Lipinski definition) is 3. The number of ether oxygens (including phenoxy) is 1. The molecule has 0 saturated heterocycles. The molecule has 4 nitrogen and oxygen atoms in total. The Labute approximate surface area is 94.8 Å². The number of methoxy groups -OCH3 is 1. The van der Waals surface area contributed by atoms with E-state index in [4.69, 9.17) is 10.5 Å². The molecule has 0 amide bonds. The minimum atomic E-state index is 0.740. The zero-order chi connectivity index (χ0) is 11.4. The quantitative estimate of drug-likeness (QED) is 0.754. The summed E-state index contributed by atoms with van der Waals surface area (Å²) >= 11 is 0. The molecule has 0 unspecified atom stereocenters. The van der Waals surface area contributed by atoms with E-state index in [-0.39, 0.29) is 0 Å². The van der Waals surface area contributed by atoms with E-state index in [2.05, 4.69) is 9.97 Å². The Bertz CT molecular complexity index is 464. The van der Waals surface area contributed by atoms with E-state index in [0.29, 0.717) is 0 Å². The van der Waals surface area contributed by atoms with Gasteiger partial charge in [-0.05, 0) is 31.5 Å². The summed E-state index contributed by atoms with van der Waals surface area (Å²) in [7, 11) is 1.66. The third-order valence-electron chi connectivity index (χ3n) is 2.61. The van der Waals surface area contributed by atoms with E-state index in [0.717, 1.165) is 48.4 Å². The molecule has 0 aliphatic rings. The fourth-order valence-electron chi connectivity index (χ4n) is 1.78. The minimum absolute atomic E-state index is 0.740. The number of unbranched alkanes of at least 4 members (excludes halogenated alkanes) is 1. The summed E-state index contributed by atoms with van der Waals surface area (Å²) in [6.07, 6.45) is 3.04. The number of nitrogens with zero attached hydrogens (tertiary/aromatic N) is 1. The monoisotopic (exact) mass is 219 g/mol. The predicted molar refractivity (Wildman–Crippen MR) is 64.6 cm³/mol. The highest BCUT2D eigenvalue weighted by atomic mass is 16.5. The van der Waals surface area contributed by atoms with Crippen molar-refractivity contribution in [1.82, 2.24) is 9.97 Å². The molecule has 0 atom stereocenters. The first-order valence-corrected chi connectivity index (χ1v) is 5.57. The molecule has 0 radical (unpaired) electrons. The number of aromatic amines is 1. The molecule has 16 heavy (non-hydrogen) atoms. The van der Waals surface area contributed by atoms with E-state index in [1.807, 2.05) is 18.2 Å². The third kappa shape index (κ3) is 2.17. The average Bonchev–Trinajstić information content (AvgIpc) is 2.71. The van der Waals surface area contributed by atoms with Crippen molar-refractivity contribution < 1.29 is 4.74 Å². The van der Waals surface area contributed by atoms with Crippen LogP contribution in [0.25, 0.3) is 11.0 Å². The van der Waals surface area contributed by atoms with Crippen LogP contribution in [0.3, 0.4) is 0 Å². The second kappa shape index (κ2) is 4.99. The lowest BCUT2D eigenvalue weighted by Crippen LogP contribution is -1.99. The van der Waals surface area contributed by atoms with Gasteiger partial charge in [0.15, 0.2) is 0 Å². The summed E-state index contributed by atoms with van der Waals surface area (Å²) in [5, 5.41) is 0. The lowest BCUT2D eigenvalue weighted by Gasteiger charge is -1.97. The van der Waals surface area contributed by atoms with Crippen LogP contribution >= 0.6 is 0 Å². The predicted octanol–water partition coefficient (Wildman–Crippen LogP) is 1.85. The maximum absolute atomic E-state index is 5.46. The maximum Gasteiger partial charge on any atom is 0.146 e. The Hall–Kier alpha value is -1.55. The molecule has 3 N–H and O–H groups in total. The smallest absolute Gasteiger partial charge is 0.146 e. The van der Waals surface area contributed by atoms with E-state index in [1.54, 1.807) is 7.11 Å². The second-order valence-corrected chi connectivity index (χ2v) is 3.79. The lowest BCUT2D eigenvalue weighted by molar-refractivity contribution is 0.419. The van der Waals surface area contributed by atoms with Crippen LogP contribution in [0.5, 0.6) is 5.75 Å². The first kappa shape index (κ1) is 11.0. The van der Waals surface area contributed by atoms with Gasteiger partial charge in [-0.25, -0.2) is 4.98 Å². The van der Waals surface area contributed by atoms with E-state index in [9.17, 15) is 0 Å². The van der Waals surface area contributed by atoms with Crippen molar-refractivity contribution in [2.75, 3.05) is 13.7 Å². The molecular formula is C12H17N3O. The summed E-state index contributed by atoms with van der Waals surface area (Å²) < 4.78 is 5.26. The van der Waals surface area contributed by atoms with Gasteiger partial charge in [-0.15, -0.1) is 0 Å². The highest BCUT2D eigenvalue weighted by molar-refractivity contribution is 5.81. The van der Waals surface area contributed by atoms with Crippen LogP contribution in [0, 0.1) is 0 Å². The first-order chi connectivity index (χ1) is 7.85. The number of nitrogens with one attached hydrogen (secondary N) is 1. The van der Waals surface area contributed by atoms with Gasteiger partial charge in [0.2, 0.25) is 0 Å². The Kier molecular flexibility index (Phi) is 3.41. The lowest BCUT2D eigenvalue weighted by atomic mass is 10.2. The van der Waals surface area contributed by atoms with Crippen LogP contribution < -0.4 is 10.5 Å². The summed E-state index contributed by atoms with van der Waals surface area (Å²) in [6.45, 7) is 0.740. The molecule has 0 aliphatic heterocycles. The number of aromatic nitrogens is 2. The Morgan fingerprint density at radius 2 is 2.25 bits per heavy atom.